The Morgan fingerprint density at radius 2 is 2.05 bits per heavy atom. The Morgan fingerprint density at radius 1 is 1.37 bits per heavy atom. The van der Waals surface area contributed by atoms with Gasteiger partial charge in [0.05, 0.1) is 6.54 Å². The van der Waals surface area contributed by atoms with Crippen molar-refractivity contribution in [2.75, 3.05) is 20.1 Å². The molecule has 1 aromatic heterocycles. The molecule has 0 radical (unpaired) electrons. The molecule has 0 atom stereocenters. The van der Waals surface area contributed by atoms with Gasteiger partial charge in [0.2, 0.25) is 0 Å². The molecule has 1 aliphatic heterocycles. The van der Waals surface area contributed by atoms with Gasteiger partial charge in [-0.25, -0.2) is 0 Å². The fraction of sp³-hybridized carbons (Fsp3) is 0.600. The zero-order valence-corrected chi connectivity index (χ0v) is 12.9. The van der Waals surface area contributed by atoms with Crippen molar-refractivity contribution >= 4 is 29.9 Å². The number of hydrogen-bond acceptors (Lipinski definition) is 4. The van der Waals surface area contributed by atoms with E-state index in [1.807, 2.05) is 11.9 Å². The monoisotopic (exact) mass is 389 g/mol. The van der Waals surface area contributed by atoms with E-state index >= 15 is 0 Å². The molecule has 1 aliphatic rings. The zero-order chi connectivity index (χ0) is 13.3. The van der Waals surface area contributed by atoms with Gasteiger partial charge >= 0.3 is 6.18 Å². The number of likely N-dealkylation sites (N-methyl/N-ethyl adjacent to an activating group) is 1. The van der Waals surface area contributed by atoms with Crippen LogP contribution in [0.2, 0.25) is 0 Å². The Kier molecular flexibility index (Phi) is 5.04. The van der Waals surface area contributed by atoms with E-state index in [2.05, 4.69) is 15.4 Å². The van der Waals surface area contributed by atoms with Gasteiger partial charge in [0.1, 0.15) is 0 Å². The molecule has 19 heavy (non-hydrogen) atoms. The van der Waals surface area contributed by atoms with E-state index in [0.717, 1.165) is 6.54 Å². The first-order chi connectivity index (χ1) is 8.38. The van der Waals surface area contributed by atoms with Crippen LogP contribution in [0.25, 0.3) is 0 Å². The molecule has 0 unspecified atom stereocenters. The molecule has 0 saturated carbocycles. The molecular weight excluding hydrogens is 374 g/mol. The van der Waals surface area contributed by atoms with Crippen molar-refractivity contribution in [2.45, 2.75) is 12.7 Å². The van der Waals surface area contributed by atoms with Crippen LogP contribution in [0.15, 0.2) is 11.2 Å². The molecule has 0 bridgehead atoms. The lowest BCUT2D eigenvalue weighted by atomic mass is 10.2. The van der Waals surface area contributed by atoms with Crippen molar-refractivity contribution < 1.29 is 13.2 Å². The second-order valence-corrected chi connectivity index (χ2v) is 4.15. The average molecular weight is 389 g/mol. The summed E-state index contributed by atoms with van der Waals surface area (Å²) in [5, 5.41) is 6.34. The fourth-order valence-electron chi connectivity index (χ4n) is 1.80. The smallest absolute Gasteiger partial charge is 0.352 e. The Hall–Kier alpha value is -1.00. The van der Waals surface area contributed by atoms with Gasteiger partial charge in [-0.3, -0.25) is 9.67 Å². The number of alkyl halides is 3. The molecule has 0 aromatic carbocycles. The highest BCUT2D eigenvalue weighted by molar-refractivity contribution is 14.0. The van der Waals surface area contributed by atoms with E-state index in [1.54, 1.807) is 0 Å². The SMILES string of the molecule is CN1CCN=C1NCc1cn(C)nc1C(F)(F)F.I. The lowest BCUT2D eigenvalue weighted by Crippen LogP contribution is -2.35. The van der Waals surface area contributed by atoms with Gasteiger partial charge in [-0.15, -0.1) is 24.0 Å². The van der Waals surface area contributed by atoms with E-state index in [0.29, 0.717) is 12.5 Å². The van der Waals surface area contributed by atoms with Crippen molar-refractivity contribution in [3.05, 3.63) is 17.5 Å². The predicted octanol–water partition coefficient (Wildman–Crippen LogP) is 1.45. The summed E-state index contributed by atoms with van der Waals surface area (Å²) in [6.45, 7) is 1.51. The highest BCUT2D eigenvalue weighted by Gasteiger charge is 2.36. The number of aliphatic imine (C=N–C) groups is 1. The molecule has 0 fully saturated rings. The molecule has 5 nitrogen and oxygen atoms in total. The second-order valence-electron chi connectivity index (χ2n) is 4.15. The van der Waals surface area contributed by atoms with Crippen LogP contribution in [0.1, 0.15) is 11.3 Å². The first kappa shape index (κ1) is 16.1. The molecule has 1 N–H and O–H groups in total. The van der Waals surface area contributed by atoms with Gasteiger partial charge in [0, 0.05) is 38.9 Å². The van der Waals surface area contributed by atoms with Crippen LogP contribution >= 0.6 is 24.0 Å². The summed E-state index contributed by atoms with van der Waals surface area (Å²) in [4.78, 5) is 6.02. The maximum atomic E-state index is 12.7. The van der Waals surface area contributed by atoms with Crippen molar-refractivity contribution in [2.24, 2.45) is 12.0 Å². The molecule has 2 heterocycles. The summed E-state index contributed by atoms with van der Waals surface area (Å²) < 4.78 is 39.3. The Bertz CT molecular complexity index is 468. The minimum absolute atomic E-state index is 0. The summed E-state index contributed by atoms with van der Waals surface area (Å²) in [6, 6.07) is 0. The largest absolute Gasteiger partial charge is 0.435 e. The summed E-state index contributed by atoms with van der Waals surface area (Å²) in [7, 11) is 3.31. The summed E-state index contributed by atoms with van der Waals surface area (Å²) >= 11 is 0. The Labute approximate surface area is 125 Å². The number of hydrogen-bond donors (Lipinski definition) is 1. The topological polar surface area (TPSA) is 45.5 Å². The first-order valence-corrected chi connectivity index (χ1v) is 5.47. The number of aromatic nitrogens is 2. The van der Waals surface area contributed by atoms with Crippen molar-refractivity contribution in [1.29, 1.82) is 0 Å². The third kappa shape index (κ3) is 3.74. The van der Waals surface area contributed by atoms with Crippen LogP contribution in [0.4, 0.5) is 13.2 Å². The maximum absolute atomic E-state index is 12.7. The molecule has 0 spiro atoms. The van der Waals surface area contributed by atoms with Crippen LogP contribution in [0.5, 0.6) is 0 Å². The quantitative estimate of drug-likeness (QED) is 0.780. The van der Waals surface area contributed by atoms with Gasteiger partial charge in [0.15, 0.2) is 11.7 Å². The lowest BCUT2D eigenvalue weighted by molar-refractivity contribution is -0.142. The van der Waals surface area contributed by atoms with E-state index in [9.17, 15) is 13.2 Å². The number of guanidine groups is 1. The number of nitrogens with one attached hydrogen (secondary N) is 1. The minimum Gasteiger partial charge on any atom is -0.352 e. The molecule has 9 heteroatoms. The Balaban J connectivity index is 0.00000180. The summed E-state index contributed by atoms with van der Waals surface area (Å²) in [5.41, 5.74) is -0.730. The molecule has 108 valence electrons. The highest BCUT2D eigenvalue weighted by atomic mass is 127. The van der Waals surface area contributed by atoms with E-state index in [4.69, 9.17) is 0 Å². The third-order valence-electron chi connectivity index (χ3n) is 2.67. The van der Waals surface area contributed by atoms with E-state index in [1.165, 1.54) is 17.9 Å². The van der Waals surface area contributed by atoms with Crippen LogP contribution in [-0.4, -0.2) is 40.8 Å². The van der Waals surface area contributed by atoms with Gasteiger partial charge in [0.25, 0.3) is 0 Å². The molecule has 0 amide bonds. The lowest BCUT2D eigenvalue weighted by Gasteiger charge is -2.15. The first-order valence-electron chi connectivity index (χ1n) is 5.47. The number of aryl methyl sites for hydroxylation is 1. The van der Waals surface area contributed by atoms with Crippen molar-refractivity contribution in [3.63, 3.8) is 0 Å². The average Bonchev–Trinajstić information content (AvgIpc) is 2.81. The fourth-order valence-corrected chi connectivity index (χ4v) is 1.80. The third-order valence-corrected chi connectivity index (χ3v) is 2.67. The summed E-state index contributed by atoms with van der Waals surface area (Å²) in [5.74, 6) is 0.618. The number of nitrogens with zero attached hydrogens (tertiary/aromatic N) is 4. The molecular formula is C10H15F3IN5. The second kappa shape index (κ2) is 5.97. The maximum Gasteiger partial charge on any atom is 0.435 e. The van der Waals surface area contributed by atoms with Gasteiger partial charge in [-0.2, -0.15) is 18.3 Å². The van der Waals surface area contributed by atoms with Crippen LogP contribution in [0.3, 0.4) is 0 Å². The predicted molar refractivity (Wildman–Crippen MR) is 75.4 cm³/mol. The Morgan fingerprint density at radius 3 is 2.58 bits per heavy atom. The number of halogens is 4. The van der Waals surface area contributed by atoms with Crippen molar-refractivity contribution in [1.82, 2.24) is 20.0 Å². The van der Waals surface area contributed by atoms with E-state index in [-0.39, 0.29) is 36.1 Å². The highest BCUT2D eigenvalue weighted by Crippen LogP contribution is 2.30. The normalized spacial score (nSPS) is 15.2. The van der Waals surface area contributed by atoms with E-state index < -0.39 is 11.9 Å². The molecule has 0 saturated heterocycles. The summed E-state index contributed by atoms with van der Waals surface area (Å²) in [6.07, 6.45) is -3.06. The molecule has 0 aliphatic carbocycles. The zero-order valence-electron chi connectivity index (χ0n) is 10.5. The molecule has 2 rings (SSSR count). The van der Waals surface area contributed by atoms with Crippen LogP contribution < -0.4 is 5.32 Å². The standard InChI is InChI=1S/C10H14F3N5.HI/c1-17-4-3-14-9(17)15-5-7-6-18(2)16-8(7)10(11,12)13;/h6H,3-5H2,1-2H3,(H,14,15);1H. The van der Waals surface area contributed by atoms with Gasteiger partial charge in [-0.1, -0.05) is 0 Å². The van der Waals surface area contributed by atoms with Crippen LogP contribution in [-0.2, 0) is 19.8 Å². The van der Waals surface area contributed by atoms with Gasteiger partial charge < -0.3 is 10.2 Å². The van der Waals surface area contributed by atoms with Crippen LogP contribution in [0, 0.1) is 0 Å². The van der Waals surface area contributed by atoms with Crippen molar-refractivity contribution in [3.8, 4) is 0 Å². The minimum atomic E-state index is -4.43. The number of rotatable bonds is 2. The van der Waals surface area contributed by atoms with Gasteiger partial charge in [-0.05, 0) is 0 Å². The molecule has 1 aromatic rings.